The summed E-state index contributed by atoms with van der Waals surface area (Å²) >= 11 is 0. The molecule has 21 heavy (non-hydrogen) atoms. The van der Waals surface area contributed by atoms with E-state index < -0.39 is 0 Å². The molecule has 2 N–H and O–H groups in total. The summed E-state index contributed by atoms with van der Waals surface area (Å²) < 4.78 is 10.5. The highest BCUT2D eigenvalue weighted by Crippen LogP contribution is 2.13. The maximum absolute atomic E-state index is 5.59. The quantitative estimate of drug-likeness (QED) is 0.301. The van der Waals surface area contributed by atoms with Gasteiger partial charge in [-0.1, -0.05) is 19.1 Å². The predicted molar refractivity (Wildman–Crippen MR) is 97.7 cm³/mol. The molecule has 0 aromatic heterocycles. The average molecular weight is 407 g/mol. The van der Waals surface area contributed by atoms with Gasteiger partial charge in [-0.25, -0.2) is 0 Å². The average Bonchev–Trinajstić information content (AvgIpc) is 2.48. The van der Waals surface area contributed by atoms with Gasteiger partial charge in [0.05, 0.1) is 6.61 Å². The van der Waals surface area contributed by atoms with Gasteiger partial charge < -0.3 is 20.1 Å². The number of rotatable bonds is 8. The van der Waals surface area contributed by atoms with E-state index in [9.17, 15) is 0 Å². The SMILES string of the molecule is CCCNC(=NC)NCc1cccc(OCCOC)c1.I. The molecule has 0 fully saturated rings. The van der Waals surface area contributed by atoms with Gasteiger partial charge in [0.2, 0.25) is 0 Å². The van der Waals surface area contributed by atoms with Crippen LogP contribution in [0.1, 0.15) is 18.9 Å². The number of nitrogens with one attached hydrogen (secondary N) is 2. The number of guanidine groups is 1. The van der Waals surface area contributed by atoms with E-state index in [1.165, 1.54) is 0 Å². The molecule has 5 nitrogen and oxygen atoms in total. The Labute approximate surface area is 144 Å². The van der Waals surface area contributed by atoms with Gasteiger partial charge in [0.1, 0.15) is 12.4 Å². The fourth-order valence-corrected chi connectivity index (χ4v) is 1.64. The highest BCUT2D eigenvalue weighted by molar-refractivity contribution is 14.0. The Morgan fingerprint density at radius 2 is 2.05 bits per heavy atom. The predicted octanol–water partition coefficient (Wildman–Crippen LogP) is 2.40. The molecule has 0 saturated carbocycles. The van der Waals surface area contributed by atoms with Gasteiger partial charge in [-0.2, -0.15) is 0 Å². The number of nitrogens with zero attached hydrogens (tertiary/aromatic N) is 1. The van der Waals surface area contributed by atoms with E-state index in [1.54, 1.807) is 14.2 Å². The summed E-state index contributed by atoms with van der Waals surface area (Å²) in [5, 5.41) is 6.51. The van der Waals surface area contributed by atoms with Gasteiger partial charge in [-0.15, -0.1) is 24.0 Å². The number of ether oxygens (including phenoxy) is 2. The molecule has 0 heterocycles. The van der Waals surface area contributed by atoms with Crippen molar-refractivity contribution in [1.29, 1.82) is 0 Å². The van der Waals surface area contributed by atoms with E-state index in [0.717, 1.165) is 30.2 Å². The summed E-state index contributed by atoms with van der Waals surface area (Å²) in [4.78, 5) is 4.17. The Balaban J connectivity index is 0.00000400. The van der Waals surface area contributed by atoms with Gasteiger partial charge in [0.15, 0.2) is 5.96 Å². The molecular weight excluding hydrogens is 381 g/mol. The molecule has 1 aromatic rings. The van der Waals surface area contributed by atoms with Crippen LogP contribution >= 0.6 is 24.0 Å². The second-order valence-electron chi connectivity index (χ2n) is 4.34. The van der Waals surface area contributed by atoms with Crippen LogP contribution in [0, 0.1) is 0 Å². The normalized spacial score (nSPS) is 10.7. The molecule has 0 radical (unpaired) electrons. The van der Waals surface area contributed by atoms with Crippen LogP contribution < -0.4 is 15.4 Å². The van der Waals surface area contributed by atoms with Crippen molar-refractivity contribution in [2.75, 3.05) is 33.9 Å². The van der Waals surface area contributed by atoms with Crippen LogP contribution in [0.15, 0.2) is 29.3 Å². The molecule has 0 amide bonds. The summed E-state index contributed by atoms with van der Waals surface area (Å²) in [6.45, 7) is 4.91. The van der Waals surface area contributed by atoms with Crippen molar-refractivity contribution in [1.82, 2.24) is 10.6 Å². The summed E-state index contributed by atoms with van der Waals surface area (Å²) in [5.74, 6) is 1.68. The summed E-state index contributed by atoms with van der Waals surface area (Å²) in [7, 11) is 3.44. The molecule has 0 bridgehead atoms. The molecule has 120 valence electrons. The van der Waals surface area contributed by atoms with Gasteiger partial charge in [0.25, 0.3) is 0 Å². The highest BCUT2D eigenvalue weighted by atomic mass is 127. The molecule has 0 unspecified atom stereocenters. The Morgan fingerprint density at radius 1 is 1.24 bits per heavy atom. The summed E-state index contributed by atoms with van der Waals surface area (Å²) in [5.41, 5.74) is 1.15. The fraction of sp³-hybridized carbons (Fsp3) is 0.533. The van der Waals surface area contributed by atoms with Gasteiger partial charge in [0, 0.05) is 27.2 Å². The summed E-state index contributed by atoms with van der Waals surface area (Å²) in [6, 6.07) is 8.02. The Morgan fingerprint density at radius 3 is 2.71 bits per heavy atom. The van der Waals surface area contributed by atoms with Crippen LogP contribution in [-0.2, 0) is 11.3 Å². The van der Waals surface area contributed by atoms with Crippen LogP contribution in [0.5, 0.6) is 5.75 Å². The first-order chi connectivity index (χ1) is 9.80. The van der Waals surface area contributed by atoms with E-state index in [1.807, 2.05) is 18.2 Å². The standard InChI is InChI=1S/C15H25N3O2.HI/c1-4-8-17-15(16-2)18-12-13-6-5-7-14(11-13)20-10-9-19-3;/h5-7,11H,4,8-10,12H2,1-3H3,(H2,16,17,18);1H. The third-order valence-electron chi connectivity index (χ3n) is 2.68. The Kier molecular flexibility index (Phi) is 12.1. The van der Waals surface area contributed by atoms with Crippen molar-refractivity contribution in [3.63, 3.8) is 0 Å². The topological polar surface area (TPSA) is 54.9 Å². The zero-order valence-electron chi connectivity index (χ0n) is 13.0. The van der Waals surface area contributed by atoms with Crippen molar-refractivity contribution in [3.05, 3.63) is 29.8 Å². The number of halogens is 1. The minimum absolute atomic E-state index is 0. The third kappa shape index (κ3) is 8.77. The molecule has 0 aliphatic heterocycles. The van der Waals surface area contributed by atoms with Crippen LogP contribution in [0.3, 0.4) is 0 Å². The monoisotopic (exact) mass is 407 g/mol. The number of benzene rings is 1. The second kappa shape index (κ2) is 12.7. The van der Waals surface area contributed by atoms with E-state index in [2.05, 4.69) is 28.6 Å². The summed E-state index contributed by atoms with van der Waals surface area (Å²) in [6.07, 6.45) is 1.07. The minimum Gasteiger partial charge on any atom is -0.491 e. The zero-order valence-corrected chi connectivity index (χ0v) is 15.3. The van der Waals surface area contributed by atoms with Crippen molar-refractivity contribution in [3.8, 4) is 5.75 Å². The molecule has 0 atom stereocenters. The van der Waals surface area contributed by atoms with Crippen LogP contribution in [0.25, 0.3) is 0 Å². The fourth-order valence-electron chi connectivity index (χ4n) is 1.64. The van der Waals surface area contributed by atoms with E-state index in [4.69, 9.17) is 9.47 Å². The first-order valence-electron chi connectivity index (χ1n) is 6.95. The minimum atomic E-state index is 0. The molecular formula is C15H26IN3O2. The number of aliphatic imine (C=N–C) groups is 1. The lowest BCUT2D eigenvalue weighted by Gasteiger charge is -2.12. The largest absolute Gasteiger partial charge is 0.491 e. The van der Waals surface area contributed by atoms with Gasteiger partial charge >= 0.3 is 0 Å². The van der Waals surface area contributed by atoms with Crippen LogP contribution in [0.2, 0.25) is 0 Å². The third-order valence-corrected chi connectivity index (χ3v) is 2.68. The first kappa shape index (κ1) is 20.0. The number of methoxy groups -OCH3 is 1. The van der Waals surface area contributed by atoms with Crippen molar-refractivity contribution in [2.24, 2.45) is 4.99 Å². The van der Waals surface area contributed by atoms with Crippen molar-refractivity contribution < 1.29 is 9.47 Å². The van der Waals surface area contributed by atoms with Gasteiger partial charge in [-0.05, 0) is 24.1 Å². The molecule has 0 saturated heterocycles. The maximum Gasteiger partial charge on any atom is 0.191 e. The lowest BCUT2D eigenvalue weighted by molar-refractivity contribution is 0.146. The highest BCUT2D eigenvalue weighted by Gasteiger charge is 1.99. The first-order valence-corrected chi connectivity index (χ1v) is 6.95. The Hall–Kier alpha value is -1.02. The molecule has 6 heteroatoms. The van der Waals surface area contributed by atoms with Crippen molar-refractivity contribution in [2.45, 2.75) is 19.9 Å². The second-order valence-corrected chi connectivity index (χ2v) is 4.34. The van der Waals surface area contributed by atoms with E-state index >= 15 is 0 Å². The van der Waals surface area contributed by atoms with E-state index in [-0.39, 0.29) is 24.0 Å². The maximum atomic E-state index is 5.59. The molecule has 1 aromatic carbocycles. The lowest BCUT2D eigenvalue weighted by atomic mass is 10.2. The molecule has 1 rings (SSSR count). The lowest BCUT2D eigenvalue weighted by Crippen LogP contribution is -2.37. The Bertz CT molecular complexity index is 414. The number of hydrogen-bond acceptors (Lipinski definition) is 3. The van der Waals surface area contributed by atoms with Crippen molar-refractivity contribution >= 4 is 29.9 Å². The van der Waals surface area contributed by atoms with Crippen LogP contribution in [-0.4, -0.2) is 39.9 Å². The zero-order chi connectivity index (χ0) is 14.6. The van der Waals surface area contributed by atoms with Crippen LogP contribution in [0.4, 0.5) is 0 Å². The number of hydrogen-bond donors (Lipinski definition) is 2. The smallest absolute Gasteiger partial charge is 0.191 e. The molecule has 0 aliphatic rings. The van der Waals surface area contributed by atoms with E-state index in [0.29, 0.717) is 19.8 Å². The molecule has 0 aliphatic carbocycles. The van der Waals surface area contributed by atoms with Gasteiger partial charge in [-0.3, -0.25) is 4.99 Å². The molecule has 0 spiro atoms.